The van der Waals surface area contributed by atoms with Crippen molar-refractivity contribution in [2.45, 2.75) is 55.8 Å². The highest BCUT2D eigenvalue weighted by molar-refractivity contribution is 7.92. The van der Waals surface area contributed by atoms with Gasteiger partial charge in [-0.1, -0.05) is 73.7 Å². The lowest BCUT2D eigenvalue weighted by molar-refractivity contribution is -0.276. The number of aromatic nitrogens is 2. The summed E-state index contributed by atoms with van der Waals surface area (Å²) in [5.74, 6) is -0.00467. The lowest BCUT2D eigenvalue weighted by atomic mass is 9.89. The van der Waals surface area contributed by atoms with Gasteiger partial charge in [-0.05, 0) is 60.4 Å². The SMILES string of the molecule is C[C@H]1[C@@H](CN2CCC(n3c(=O)[nH]c4ccccc43)CC2)O[C@@H](c2cccc(NS(=O)(=O)c3ccccc3)c2)O[C@H]1c1ccc(CO)cc1. The van der Waals surface area contributed by atoms with Crippen molar-refractivity contribution in [2.24, 2.45) is 5.92 Å². The third-order valence-electron chi connectivity index (χ3n) is 9.57. The van der Waals surface area contributed by atoms with Gasteiger partial charge >= 0.3 is 5.69 Å². The predicted molar refractivity (Wildman–Crippen MR) is 184 cm³/mol. The summed E-state index contributed by atoms with van der Waals surface area (Å²) in [4.78, 5) is 18.4. The first-order valence-corrected chi connectivity index (χ1v) is 17.9. The van der Waals surface area contributed by atoms with E-state index >= 15 is 0 Å². The predicted octanol–water partition coefficient (Wildman–Crippen LogP) is 5.75. The number of aliphatic hydroxyl groups is 1. The molecule has 0 amide bonds. The topological polar surface area (TPSA) is 126 Å². The number of para-hydroxylation sites is 2. The zero-order chi connectivity index (χ0) is 33.3. The van der Waals surface area contributed by atoms with Crippen molar-refractivity contribution in [1.29, 1.82) is 0 Å². The van der Waals surface area contributed by atoms with Crippen LogP contribution in [0.1, 0.15) is 54.9 Å². The van der Waals surface area contributed by atoms with E-state index in [1.807, 2.05) is 59.2 Å². The van der Waals surface area contributed by atoms with Crippen molar-refractivity contribution in [1.82, 2.24) is 14.5 Å². The number of nitrogens with zero attached hydrogens (tertiary/aromatic N) is 2. The van der Waals surface area contributed by atoms with Crippen molar-refractivity contribution in [3.8, 4) is 0 Å². The van der Waals surface area contributed by atoms with Gasteiger partial charge in [0.2, 0.25) is 0 Å². The molecule has 2 aliphatic heterocycles. The van der Waals surface area contributed by atoms with Gasteiger partial charge in [0.25, 0.3) is 10.0 Å². The minimum Gasteiger partial charge on any atom is -0.392 e. The maximum atomic E-state index is 13.1. The monoisotopic (exact) mass is 668 g/mol. The number of aliphatic hydroxyl groups excluding tert-OH is 1. The molecule has 10 nitrogen and oxygen atoms in total. The maximum Gasteiger partial charge on any atom is 0.326 e. The normalized spacial score (nSPS) is 22.5. The van der Waals surface area contributed by atoms with Crippen molar-refractivity contribution < 1.29 is 23.0 Å². The van der Waals surface area contributed by atoms with Gasteiger partial charge in [-0.25, -0.2) is 13.2 Å². The number of likely N-dealkylation sites (tertiary alicyclic amines) is 1. The smallest absolute Gasteiger partial charge is 0.326 e. The molecule has 0 saturated carbocycles. The van der Waals surface area contributed by atoms with Gasteiger partial charge in [0.15, 0.2) is 6.29 Å². The molecule has 5 aromatic rings. The first-order valence-electron chi connectivity index (χ1n) is 16.4. The number of hydrogen-bond donors (Lipinski definition) is 3. The van der Waals surface area contributed by atoms with Crippen LogP contribution in [0.5, 0.6) is 0 Å². The Morgan fingerprint density at radius 1 is 0.875 bits per heavy atom. The Labute approximate surface area is 280 Å². The van der Waals surface area contributed by atoms with E-state index in [1.165, 1.54) is 0 Å². The quantitative estimate of drug-likeness (QED) is 0.183. The van der Waals surface area contributed by atoms with E-state index in [0.29, 0.717) is 17.8 Å². The van der Waals surface area contributed by atoms with E-state index in [0.717, 1.165) is 48.1 Å². The molecular weight excluding hydrogens is 628 g/mol. The Bertz CT molecular complexity index is 2020. The number of ether oxygens (including phenoxy) is 2. The van der Waals surface area contributed by atoms with E-state index in [1.54, 1.807) is 48.5 Å². The molecule has 0 unspecified atom stereocenters. The first-order chi connectivity index (χ1) is 23.3. The summed E-state index contributed by atoms with van der Waals surface area (Å²) in [5, 5.41) is 9.61. The maximum absolute atomic E-state index is 13.1. The molecule has 0 aliphatic carbocycles. The molecule has 7 rings (SSSR count). The standard InChI is InChI=1S/C37H40N4O6S/c1-25-34(23-40-20-18-30(19-21-40)41-33-13-6-5-12-32(33)38-37(41)43)46-36(47-35(25)27-16-14-26(24-42)15-17-27)28-8-7-9-29(22-28)39-48(44,45)31-10-3-2-4-11-31/h2-17,22,25,30,34-36,39,42H,18-21,23-24H2,1H3,(H,38,43)/t25-,34+,35+,36+/m0/s1. The number of nitrogens with one attached hydrogen (secondary N) is 2. The molecule has 3 heterocycles. The zero-order valence-corrected chi connectivity index (χ0v) is 27.6. The molecule has 1 aromatic heterocycles. The molecule has 2 fully saturated rings. The Morgan fingerprint density at radius 3 is 2.35 bits per heavy atom. The molecule has 3 N–H and O–H groups in total. The lowest BCUT2D eigenvalue weighted by Crippen LogP contribution is -2.47. The van der Waals surface area contributed by atoms with Gasteiger partial charge in [-0.3, -0.25) is 9.29 Å². The van der Waals surface area contributed by atoms with Crippen molar-refractivity contribution in [3.63, 3.8) is 0 Å². The summed E-state index contributed by atoms with van der Waals surface area (Å²) in [7, 11) is -3.78. The Morgan fingerprint density at radius 2 is 1.60 bits per heavy atom. The molecule has 4 atom stereocenters. The number of imidazole rings is 1. The molecule has 11 heteroatoms. The minimum absolute atomic E-state index is 0.00467. The number of hydrogen-bond acceptors (Lipinski definition) is 7. The van der Waals surface area contributed by atoms with Crippen molar-refractivity contribution in [3.05, 3.63) is 130 Å². The van der Waals surface area contributed by atoms with Gasteiger partial charge < -0.3 is 24.5 Å². The van der Waals surface area contributed by atoms with E-state index < -0.39 is 16.3 Å². The first kappa shape index (κ1) is 32.3. The highest BCUT2D eigenvalue weighted by atomic mass is 32.2. The minimum atomic E-state index is -3.78. The number of piperidine rings is 1. The summed E-state index contributed by atoms with van der Waals surface area (Å²) in [5.41, 5.74) is 4.65. The van der Waals surface area contributed by atoms with Crippen LogP contribution in [0.2, 0.25) is 0 Å². The molecule has 0 bridgehead atoms. The summed E-state index contributed by atoms with van der Waals surface area (Å²) in [6.45, 7) is 4.42. The second-order valence-corrected chi connectivity index (χ2v) is 14.4. The molecular formula is C37H40N4O6S. The molecule has 2 aliphatic rings. The fraction of sp³-hybridized carbons (Fsp3) is 0.324. The highest BCUT2D eigenvalue weighted by Gasteiger charge is 2.40. The van der Waals surface area contributed by atoms with E-state index in [4.69, 9.17) is 9.47 Å². The van der Waals surface area contributed by atoms with E-state index in [-0.39, 0.29) is 41.4 Å². The second-order valence-electron chi connectivity index (χ2n) is 12.7. The van der Waals surface area contributed by atoms with Crippen molar-refractivity contribution in [2.75, 3.05) is 24.4 Å². The fourth-order valence-electron chi connectivity index (χ4n) is 6.94. The van der Waals surface area contributed by atoms with Crippen LogP contribution in [0.3, 0.4) is 0 Å². The Kier molecular flexibility index (Phi) is 9.21. The van der Waals surface area contributed by atoms with Crippen LogP contribution >= 0.6 is 0 Å². The number of aromatic amines is 1. The van der Waals surface area contributed by atoms with Crippen LogP contribution in [0.25, 0.3) is 11.0 Å². The number of H-pyrrole nitrogens is 1. The van der Waals surface area contributed by atoms with Gasteiger partial charge in [-0.15, -0.1) is 0 Å². The van der Waals surface area contributed by atoms with Gasteiger partial charge in [-0.2, -0.15) is 0 Å². The van der Waals surface area contributed by atoms with E-state index in [2.05, 4.69) is 21.5 Å². The average molecular weight is 669 g/mol. The van der Waals surface area contributed by atoms with Crippen LogP contribution < -0.4 is 10.4 Å². The largest absolute Gasteiger partial charge is 0.392 e. The number of fused-ring (bicyclic) bond motifs is 1. The molecule has 250 valence electrons. The van der Waals surface area contributed by atoms with Gasteiger partial charge in [0.1, 0.15) is 0 Å². The summed E-state index contributed by atoms with van der Waals surface area (Å²) < 4.78 is 44.0. The third-order valence-corrected chi connectivity index (χ3v) is 11.0. The average Bonchev–Trinajstić information content (AvgIpc) is 3.45. The number of benzene rings is 4. The Balaban J connectivity index is 1.11. The van der Waals surface area contributed by atoms with Crippen LogP contribution in [0.4, 0.5) is 5.69 Å². The third kappa shape index (κ3) is 6.69. The number of sulfonamides is 1. The zero-order valence-electron chi connectivity index (χ0n) is 26.7. The van der Waals surface area contributed by atoms with Gasteiger partial charge in [0.05, 0.1) is 34.7 Å². The van der Waals surface area contributed by atoms with Crippen LogP contribution in [-0.2, 0) is 26.1 Å². The number of rotatable bonds is 9. The summed E-state index contributed by atoms with van der Waals surface area (Å²) >= 11 is 0. The summed E-state index contributed by atoms with van der Waals surface area (Å²) in [6, 6.07) is 31.1. The van der Waals surface area contributed by atoms with Crippen LogP contribution in [-0.4, -0.2) is 53.7 Å². The van der Waals surface area contributed by atoms with E-state index in [9.17, 15) is 18.3 Å². The fourth-order valence-corrected chi connectivity index (χ4v) is 8.01. The lowest BCUT2D eigenvalue weighted by Gasteiger charge is -2.44. The molecule has 4 aromatic carbocycles. The second kappa shape index (κ2) is 13.7. The highest BCUT2D eigenvalue weighted by Crippen LogP contribution is 2.42. The molecule has 2 saturated heterocycles. The van der Waals surface area contributed by atoms with Gasteiger partial charge in [0, 0.05) is 42.8 Å². The molecule has 0 radical (unpaired) electrons. The Hall–Kier alpha value is -4.26. The molecule has 0 spiro atoms. The van der Waals surface area contributed by atoms with Crippen molar-refractivity contribution >= 4 is 26.7 Å². The molecule has 48 heavy (non-hydrogen) atoms. The van der Waals surface area contributed by atoms with Crippen LogP contribution in [0, 0.1) is 5.92 Å². The van der Waals surface area contributed by atoms with Crippen LogP contribution in [0.15, 0.2) is 113 Å². The summed E-state index contributed by atoms with van der Waals surface area (Å²) in [6.07, 6.45) is 0.464. The number of anilines is 1.